The predicted octanol–water partition coefficient (Wildman–Crippen LogP) is 3.81. The summed E-state index contributed by atoms with van der Waals surface area (Å²) in [6.07, 6.45) is 5.01. The van der Waals surface area contributed by atoms with E-state index in [-0.39, 0.29) is 5.72 Å². The molecular weight excluding hydrogens is 222 g/mol. The largest absolute Gasteiger partial charge is 0.360 e. The lowest BCUT2D eigenvalue weighted by Gasteiger charge is -2.48. The molecule has 0 aromatic heterocycles. The third kappa shape index (κ3) is 3.08. The Labute approximate surface area is 113 Å². The maximum Gasteiger partial charge on any atom is 0.119 e. The second kappa shape index (κ2) is 5.13. The zero-order valence-electron chi connectivity index (χ0n) is 12.9. The van der Waals surface area contributed by atoms with E-state index in [9.17, 15) is 0 Å². The lowest BCUT2D eigenvalue weighted by atomic mass is 9.70. The minimum atomic E-state index is 0.0210. The van der Waals surface area contributed by atoms with E-state index in [2.05, 4.69) is 39.9 Å². The molecule has 1 saturated carbocycles. The van der Waals surface area contributed by atoms with Gasteiger partial charge in [0, 0.05) is 6.54 Å². The van der Waals surface area contributed by atoms with Crippen LogP contribution in [0.15, 0.2) is 0 Å². The van der Waals surface area contributed by atoms with Crippen LogP contribution in [0.25, 0.3) is 0 Å². The molecule has 1 atom stereocenters. The van der Waals surface area contributed by atoms with Crippen molar-refractivity contribution in [2.24, 2.45) is 23.2 Å². The van der Waals surface area contributed by atoms with Crippen LogP contribution in [0.5, 0.6) is 0 Å². The molecular formula is C16H31NO. The van der Waals surface area contributed by atoms with E-state index in [0.717, 1.165) is 25.0 Å². The third-order valence-electron chi connectivity index (χ3n) is 5.22. The molecule has 2 fully saturated rings. The monoisotopic (exact) mass is 253 g/mol. The number of hydrogen-bond donors (Lipinski definition) is 1. The Hall–Kier alpha value is -0.0800. The molecule has 1 N–H and O–H groups in total. The van der Waals surface area contributed by atoms with E-state index in [4.69, 9.17) is 4.74 Å². The first kappa shape index (κ1) is 14.3. The maximum atomic E-state index is 6.23. The summed E-state index contributed by atoms with van der Waals surface area (Å²) in [6, 6.07) is 0. The van der Waals surface area contributed by atoms with Gasteiger partial charge >= 0.3 is 0 Å². The molecule has 2 nitrogen and oxygen atoms in total. The quantitative estimate of drug-likeness (QED) is 0.767. The fourth-order valence-electron chi connectivity index (χ4n) is 3.39. The van der Waals surface area contributed by atoms with Crippen LogP contribution in [0.1, 0.15) is 60.3 Å². The third-order valence-corrected chi connectivity index (χ3v) is 5.22. The van der Waals surface area contributed by atoms with Gasteiger partial charge < -0.3 is 4.74 Å². The van der Waals surface area contributed by atoms with Gasteiger partial charge in [-0.05, 0) is 48.9 Å². The molecule has 1 aliphatic heterocycles. The molecule has 1 heterocycles. The first-order chi connectivity index (χ1) is 8.32. The molecule has 106 valence electrons. The smallest absolute Gasteiger partial charge is 0.119 e. The maximum absolute atomic E-state index is 6.23. The number of hydrogen-bond acceptors (Lipinski definition) is 2. The highest BCUT2D eigenvalue weighted by molar-refractivity contribution is 4.92. The average Bonchev–Trinajstić information content (AvgIpc) is 2.29. The van der Waals surface area contributed by atoms with Crippen LogP contribution >= 0.6 is 0 Å². The van der Waals surface area contributed by atoms with Crippen LogP contribution in [0.3, 0.4) is 0 Å². The van der Waals surface area contributed by atoms with Crippen LogP contribution in [-0.4, -0.2) is 18.9 Å². The Morgan fingerprint density at radius 2 is 1.78 bits per heavy atom. The zero-order chi connectivity index (χ0) is 13.4. The molecule has 0 aromatic carbocycles. The lowest BCUT2D eigenvalue weighted by molar-refractivity contribution is -0.150. The molecule has 0 aromatic rings. The molecule has 2 rings (SSSR count). The number of nitrogens with one attached hydrogen (secondary N) is 1. The van der Waals surface area contributed by atoms with Gasteiger partial charge in [0.05, 0.1) is 6.61 Å². The lowest BCUT2D eigenvalue weighted by Crippen LogP contribution is -2.57. The van der Waals surface area contributed by atoms with Crippen LogP contribution in [0.4, 0.5) is 0 Å². The standard InChI is InChI=1S/C16H31NO/c1-12(2)13-10-17-16(18-11-13)8-6-14(7-9-16)15(3,4)5/h12-14,17H,6-11H2,1-5H3. The summed E-state index contributed by atoms with van der Waals surface area (Å²) in [4.78, 5) is 0. The first-order valence-electron chi connectivity index (χ1n) is 7.71. The topological polar surface area (TPSA) is 21.3 Å². The molecule has 1 aliphatic carbocycles. The van der Waals surface area contributed by atoms with Gasteiger partial charge in [-0.15, -0.1) is 0 Å². The van der Waals surface area contributed by atoms with Crippen molar-refractivity contribution in [3.63, 3.8) is 0 Å². The van der Waals surface area contributed by atoms with E-state index >= 15 is 0 Å². The SMILES string of the molecule is CC(C)C1CNC2(CCC(C(C)(C)C)CC2)OC1. The van der Waals surface area contributed by atoms with Gasteiger partial charge in [-0.1, -0.05) is 34.6 Å². The van der Waals surface area contributed by atoms with Gasteiger partial charge in [0.15, 0.2) is 0 Å². The molecule has 1 unspecified atom stereocenters. The van der Waals surface area contributed by atoms with E-state index in [0.29, 0.717) is 11.3 Å². The summed E-state index contributed by atoms with van der Waals surface area (Å²) in [5, 5.41) is 3.72. The minimum absolute atomic E-state index is 0.0210. The molecule has 2 aliphatic rings. The molecule has 0 radical (unpaired) electrons. The van der Waals surface area contributed by atoms with Crippen molar-refractivity contribution < 1.29 is 4.74 Å². The Morgan fingerprint density at radius 1 is 1.17 bits per heavy atom. The van der Waals surface area contributed by atoms with E-state index in [1.807, 2.05) is 0 Å². The van der Waals surface area contributed by atoms with Crippen molar-refractivity contribution >= 4 is 0 Å². The van der Waals surface area contributed by atoms with Gasteiger partial charge in [-0.3, -0.25) is 5.32 Å². The summed E-state index contributed by atoms with van der Waals surface area (Å²) in [5.41, 5.74) is 0.476. The molecule has 1 spiro atoms. The van der Waals surface area contributed by atoms with Gasteiger partial charge in [-0.25, -0.2) is 0 Å². The Balaban J connectivity index is 1.86. The first-order valence-corrected chi connectivity index (χ1v) is 7.71. The average molecular weight is 253 g/mol. The minimum Gasteiger partial charge on any atom is -0.360 e. The number of ether oxygens (including phenoxy) is 1. The van der Waals surface area contributed by atoms with Gasteiger partial charge in [0.1, 0.15) is 5.72 Å². The molecule has 0 bridgehead atoms. The summed E-state index contributed by atoms with van der Waals surface area (Å²) < 4.78 is 6.23. The molecule has 0 amide bonds. The summed E-state index contributed by atoms with van der Waals surface area (Å²) in [5.74, 6) is 2.27. The normalized spacial score (nSPS) is 38.3. The van der Waals surface area contributed by atoms with Crippen LogP contribution in [0, 0.1) is 23.2 Å². The van der Waals surface area contributed by atoms with E-state index in [1.54, 1.807) is 0 Å². The van der Waals surface area contributed by atoms with E-state index in [1.165, 1.54) is 25.7 Å². The molecule has 1 saturated heterocycles. The highest BCUT2D eigenvalue weighted by atomic mass is 16.5. The second-order valence-electron chi connectivity index (χ2n) is 7.83. The summed E-state index contributed by atoms with van der Waals surface area (Å²) in [6.45, 7) is 13.8. The van der Waals surface area contributed by atoms with E-state index < -0.39 is 0 Å². The van der Waals surface area contributed by atoms with Crippen LogP contribution < -0.4 is 5.32 Å². The van der Waals surface area contributed by atoms with Gasteiger partial charge in [0.25, 0.3) is 0 Å². The van der Waals surface area contributed by atoms with Gasteiger partial charge in [0.2, 0.25) is 0 Å². The summed E-state index contributed by atoms with van der Waals surface area (Å²) >= 11 is 0. The van der Waals surface area contributed by atoms with Crippen molar-refractivity contribution in [3.05, 3.63) is 0 Å². The van der Waals surface area contributed by atoms with Gasteiger partial charge in [-0.2, -0.15) is 0 Å². The molecule has 2 heteroatoms. The zero-order valence-corrected chi connectivity index (χ0v) is 12.9. The fourth-order valence-corrected chi connectivity index (χ4v) is 3.39. The van der Waals surface area contributed by atoms with Crippen molar-refractivity contribution in [1.29, 1.82) is 0 Å². The highest BCUT2D eigenvalue weighted by Crippen LogP contribution is 2.43. The summed E-state index contributed by atoms with van der Waals surface area (Å²) in [7, 11) is 0. The second-order valence-corrected chi connectivity index (χ2v) is 7.83. The number of rotatable bonds is 1. The Bertz CT molecular complexity index is 261. The van der Waals surface area contributed by atoms with Crippen molar-refractivity contribution in [2.45, 2.75) is 66.0 Å². The highest BCUT2D eigenvalue weighted by Gasteiger charge is 2.42. The van der Waals surface area contributed by atoms with Crippen molar-refractivity contribution in [2.75, 3.05) is 13.2 Å². The van der Waals surface area contributed by atoms with Crippen LogP contribution in [-0.2, 0) is 4.74 Å². The van der Waals surface area contributed by atoms with Crippen LogP contribution in [0.2, 0.25) is 0 Å². The van der Waals surface area contributed by atoms with Crippen molar-refractivity contribution in [3.8, 4) is 0 Å². The Kier molecular flexibility index (Phi) is 4.08. The fraction of sp³-hybridized carbons (Fsp3) is 1.00. The molecule has 18 heavy (non-hydrogen) atoms. The van der Waals surface area contributed by atoms with Crippen molar-refractivity contribution in [1.82, 2.24) is 5.32 Å². The Morgan fingerprint density at radius 3 is 2.17 bits per heavy atom. The predicted molar refractivity (Wildman–Crippen MR) is 76.4 cm³/mol.